The number of benzene rings is 3. The highest BCUT2D eigenvalue weighted by molar-refractivity contribution is 6.55. The molecular weight excluding hydrogens is 761 g/mol. The molecule has 5 aromatic rings. The third-order valence-electron chi connectivity index (χ3n) is 10.8. The molecule has 1 aliphatic heterocycles. The molecular formula is C45H57N8O5Si. The average Bonchev–Trinajstić information content (AvgIpc) is 4.04. The van der Waals surface area contributed by atoms with Gasteiger partial charge in [0.05, 0.1) is 43.0 Å². The largest absolute Gasteiger partial charge is 0.457 e. The van der Waals surface area contributed by atoms with E-state index in [1.54, 1.807) is 11.1 Å². The zero-order chi connectivity index (χ0) is 42.1. The number of likely N-dealkylation sites (N-methyl/N-ethyl adjacent to an activating group) is 1. The minimum atomic E-state index is -0.714. The molecule has 14 heteroatoms. The summed E-state index contributed by atoms with van der Waals surface area (Å²) in [6, 6.07) is 24.9. The van der Waals surface area contributed by atoms with Gasteiger partial charge in [0.2, 0.25) is 11.8 Å². The van der Waals surface area contributed by atoms with E-state index in [-0.39, 0.29) is 35.9 Å². The number of ether oxygens (including phenoxy) is 2. The number of nitrogens with zero attached hydrogens (tertiary/aromatic N) is 4. The summed E-state index contributed by atoms with van der Waals surface area (Å²) < 4.78 is 11.1. The smallest absolute Gasteiger partial charge is 0.407 e. The van der Waals surface area contributed by atoms with Gasteiger partial charge in [-0.15, -0.1) is 0 Å². The maximum atomic E-state index is 14.0. The minimum absolute atomic E-state index is 0.0248. The first-order valence-electron chi connectivity index (χ1n) is 20.5. The zero-order valence-electron chi connectivity index (χ0n) is 35.1. The van der Waals surface area contributed by atoms with E-state index in [2.05, 4.69) is 57.4 Å². The molecule has 1 aliphatic rings. The third kappa shape index (κ3) is 10.5. The molecule has 3 heterocycles. The van der Waals surface area contributed by atoms with Gasteiger partial charge in [-0.05, 0) is 85.4 Å². The second-order valence-electron chi connectivity index (χ2n) is 15.6. The Balaban J connectivity index is 1.12. The van der Waals surface area contributed by atoms with Crippen LogP contribution in [0.2, 0.25) is 19.1 Å². The van der Waals surface area contributed by atoms with Crippen molar-refractivity contribution in [3.63, 3.8) is 0 Å². The maximum Gasteiger partial charge on any atom is 0.407 e. The second kappa shape index (κ2) is 19.8. The van der Waals surface area contributed by atoms with E-state index in [1.165, 1.54) is 7.11 Å². The van der Waals surface area contributed by atoms with Crippen LogP contribution in [-0.2, 0) is 14.3 Å². The van der Waals surface area contributed by atoms with Crippen LogP contribution in [0.15, 0.2) is 91.3 Å². The number of amides is 3. The molecule has 1 radical (unpaired) electrons. The van der Waals surface area contributed by atoms with Gasteiger partial charge in [0.1, 0.15) is 35.2 Å². The molecule has 13 nitrogen and oxygen atoms in total. The lowest BCUT2D eigenvalue weighted by atomic mass is 10.0. The Morgan fingerprint density at radius 1 is 0.881 bits per heavy atom. The van der Waals surface area contributed by atoms with Gasteiger partial charge >= 0.3 is 6.09 Å². The van der Waals surface area contributed by atoms with Gasteiger partial charge in [0.15, 0.2) is 0 Å². The monoisotopic (exact) mass is 817 g/mol. The van der Waals surface area contributed by atoms with E-state index in [4.69, 9.17) is 14.5 Å². The van der Waals surface area contributed by atoms with Crippen LogP contribution in [0, 0.1) is 5.92 Å². The number of rotatable bonds is 17. The Bertz CT molecular complexity index is 2150. The number of nitrogens with one attached hydrogen (secondary N) is 4. The Morgan fingerprint density at radius 2 is 1.59 bits per heavy atom. The summed E-state index contributed by atoms with van der Waals surface area (Å²) in [5.41, 5.74) is 4.48. The van der Waals surface area contributed by atoms with Gasteiger partial charge in [-0.25, -0.2) is 14.8 Å². The predicted octanol–water partition coefficient (Wildman–Crippen LogP) is 8.30. The first kappa shape index (κ1) is 42.9. The SMILES string of the molecule is CCN(CC)[C@@H](C(=O)N[C@@H](C[Si](C)C)c1ncc(-c2ccc(Oc3cccc(-c4cnc(C5CCCN5C(=O)[C@@H](NC(=O)OC)C(C)C)[nH]4)c3)cc2)[nH]1)c1ccccc1. The molecule has 3 amide bonds. The third-order valence-corrected chi connectivity index (χ3v) is 12.0. The van der Waals surface area contributed by atoms with Crippen molar-refractivity contribution in [3.05, 3.63) is 108 Å². The fraction of sp³-hybridized carbons (Fsp3) is 0.400. The first-order chi connectivity index (χ1) is 28.5. The summed E-state index contributed by atoms with van der Waals surface area (Å²) in [5, 5.41) is 6.06. The number of H-pyrrole nitrogens is 2. The van der Waals surface area contributed by atoms with Crippen LogP contribution in [0.25, 0.3) is 22.5 Å². The number of aromatic amines is 2. The Hall–Kier alpha value is -5.73. The van der Waals surface area contributed by atoms with E-state index >= 15 is 0 Å². The number of methoxy groups -OCH3 is 1. The normalized spacial score (nSPS) is 15.6. The van der Waals surface area contributed by atoms with Crippen LogP contribution < -0.4 is 15.4 Å². The molecule has 3 aromatic carbocycles. The zero-order valence-corrected chi connectivity index (χ0v) is 36.1. The van der Waals surface area contributed by atoms with Gasteiger partial charge < -0.3 is 35.0 Å². The first-order valence-corrected chi connectivity index (χ1v) is 23.2. The van der Waals surface area contributed by atoms with Crippen LogP contribution in [0.4, 0.5) is 4.79 Å². The standard InChI is InChI=1S/C45H57N8O5Si/c1-8-52(9-2)40(31-15-11-10-12-16-31)43(54)50-37(28-59(6)7)41-46-26-35(48-41)30-20-22-33(23-21-30)58-34-18-13-17-32(25-34)36-27-47-42(49-36)38-19-14-24-53(38)44(55)39(29(3)4)51-45(56)57-5/h10-13,15-18,20-23,25-27,29,37-40H,8-9,14,19,24,28H2,1-7H3,(H,46,48)(H,47,49)(H,50,54)(H,51,56)/t37-,38?,39-,40+/m0/s1. The van der Waals surface area contributed by atoms with E-state index in [9.17, 15) is 14.4 Å². The Kier molecular flexibility index (Phi) is 14.4. The van der Waals surface area contributed by atoms with Gasteiger partial charge in [-0.3, -0.25) is 14.5 Å². The molecule has 0 bridgehead atoms. The summed E-state index contributed by atoms with van der Waals surface area (Å²) in [6.45, 7) is 14.6. The number of aromatic nitrogens is 4. The minimum Gasteiger partial charge on any atom is -0.457 e. The van der Waals surface area contributed by atoms with Crippen LogP contribution >= 0.6 is 0 Å². The van der Waals surface area contributed by atoms with Crippen LogP contribution in [0.1, 0.15) is 75.9 Å². The highest BCUT2D eigenvalue weighted by atomic mass is 28.3. The highest BCUT2D eigenvalue weighted by Crippen LogP contribution is 2.34. The van der Waals surface area contributed by atoms with Crippen LogP contribution in [0.5, 0.6) is 11.5 Å². The lowest BCUT2D eigenvalue weighted by Gasteiger charge is -2.30. The number of carbonyl (C=O) groups is 3. The number of hydrogen-bond acceptors (Lipinski definition) is 8. The van der Waals surface area contributed by atoms with E-state index < -0.39 is 20.9 Å². The average molecular weight is 818 g/mol. The molecule has 2 aromatic heterocycles. The molecule has 4 atom stereocenters. The van der Waals surface area contributed by atoms with Crippen molar-refractivity contribution in [2.75, 3.05) is 26.7 Å². The fourth-order valence-corrected chi connectivity index (χ4v) is 8.81. The molecule has 311 valence electrons. The lowest BCUT2D eigenvalue weighted by molar-refractivity contribution is -0.135. The number of hydrogen-bond donors (Lipinski definition) is 4. The van der Waals surface area contributed by atoms with Gasteiger partial charge in [-0.2, -0.15) is 0 Å². The van der Waals surface area contributed by atoms with Gasteiger partial charge in [0.25, 0.3) is 0 Å². The van der Waals surface area contributed by atoms with Crippen molar-refractivity contribution < 1.29 is 23.9 Å². The molecule has 59 heavy (non-hydrogen) atoms. The summed E-state index contributed by atoms with van der Waals surface area (Å²) >= 11 is 0. The molecule has 1 saturated heterocycles. The molecule has 6 rings (SSSR count). The summed E-state index contributed by atoms with van der Waals surface area (Å²) in [7, 11) is 0.576. The number of imidazole rings is 2. The summed E-state index contributed by atoms with van der Waals surface area (Å²) in [4.78, 5) is 59.9. The molecule has 0 aliphatic carbocycles. The van der Waals surface area contributed by atoms with Crippen molar-refractivity contribution >= 4 is 26.7 Å². The molecule has 0 spiro atoms. The summed E-state index contributed by atoms with van der Waals surface area (Å²) in [6.07, 6.45) is 4.58. The quantitative estimate of drug-likeness (QED) is 0.0683. The number of alkyl carbamates (subject to hydrolysis) is 1. The fourth-order valence-electron chi connectivity index (χ4n) is 7.70. The highest BCUT2D eigenvalue weighted by Gasteiger charge is 2.37. The molecule has 0 saturated carbocycles. The van der Waals surface area contributed by atoms with Crippen molar-refractivity contribution in [1.29, 1.82) is 0 Å². The van der Waals surface area contributed by atoms with E-state index in [0.717, 1.165) is 65.9 Å². The molecule has 1 fully saturated rings. The number of likely N-dealkylation sites (tertiary alicyclic amines) is 1. The van der Waals surface area contributed by atoms with Crippen LogP contribution in [0.3, 0.4) is 0 Å². The van der Waals surface area contributed by atoms with Crippen LogP contribution in [-0.4, -0.2) is 89.2 Å². The van der Waals surface area contributed by atoms with Crippen molar-refractivity contribution in [2.24, 2.45) is 5.92 Å². The summed E-state index contributed by atoms with van der Waals surface area (Å²) in [5.74, 6) is 2.49. The lowest BCUT2D eigenvalue weighted by Crippen LogP contribution is -2.51. The Labute approximate surface area is 348 Å². The topological polar surface area (TPSA) is 158 Å². The molecule has 1 unspecified atom stereocenters. The van der Waals surface area contributed by atoms with Crippen molar-refractivity contribution in [2.45, 2.75) is 83.8 Å². The van der Waals surface area contributed by atoms with Crippen molar-refractivity contribution in [3.8, 4) is 34.0 Å². The van der Waals surface area contributed by atoms with E-state index in [1.807, 2.05) is 98.9 Å². The van der Waals surface area contributed by atoms with E-state index in [0.29, 0.717) is 23.9 Å². The maximum absolute atomic E-state index is 14.0. The van der Waals surface area contributed by atoms with Gasteiger partial charge in [0, 0.05) is 20.9 Å². The Morgan fingerprint density at radius 3 is 2.27 bits per heavy atom. The predicted molar refractivity (Wildman–Crippen MR) is 231 cm³/mol. The number of carbonyl (C=O) groups excluding carboxylic acids is 3. The second-order valence-corrected chi connectivity index (χ2v) is 18.4. The van der Waals surface area contributed by atoms with Gasteiger partial charge in [-0.1, -0.05) is 83.3 Å². The van der Waals surface area contributed by atoms with Crippen molar-refractivity contribution in [1.82, 2.24) is 40.4 Å². The molecule has 4 N–H and O–H groups in total.